The quantitative estimate of drug-likeness (QED) is 0.645. The number of carbonyl (C=O) groups excluding carboxylic acids is 3. The van der Waals surface area contributed by atoms with Crippen molar-refractivity contribution in [1.82, 2.24) is 9.88 Å². The van der Waals surface area contributed by atoms with E-state index in [4.69, 9.17) is 4.42 Å². The average Bonchev–Trinajstić information content (AvgIpc) is 3.47. The molecule has 1 saturated heterocycles. The molecule has 0 unspecified atom stereocenters. The number of amides is 3. The Labute approximate surface area is 184 Å². The van der Waals surface area contributed by atoms with Crippen LogP contribution in [0.15, 0.2) is 59.1 Å². The van der Waals surface area contributed by atoms with Crippen LogP contribution in [0.1, 0.15) is 35.5 Å². The lowest BCUT2D eigenvalue weighted by Gasteiger charge is -2.20. The summed E-state index contributed by atoms with van der Waals surface area (Å²) in [6.45, 7) is 0.564. The van der Waals surface area contributed by atoms with Crippen molar-refractivity contribution in [1.29, 1.82) is 0 Å². The first-order valence-corrected chi connectivity index (χ1v) is 10.6. The van der Waals surface area contributed by atoms with Gasteiger partial charge in [0.1, 0.15) is 6.04 Å². The van der Waals surface area contributed by atoms with E-state index in [1.165, 1.54) is 0 Å². The standard InChI is InChI=1S/C24H22N4O4/c29-21(10-11-22-25-14-20(32-22)15-5-2-1-3-6-15)26-16-8-9-18-17(13-16)24(31)28-12-4-7-19(28)23(30)27-18/h1-3,5-6,8-9,13-14,19H,4,7,10-12H2,(H,26,29)(H,27,30)/t19-/m0/s1. The van der Waals surface area contributed by atoms with Gasteiger partial charge in [-0.05, 0) is 31.0 Å². The Morgan fingerprint density at radius 1 is 1.19 bits per heavy atom. The molecule has 1 aromatic heterocycles. The SMILES string of the molecule is O=C(CCc1ncc(-c2ccccc2)o1)Nc1ccc2c(c1)C(=O)N1CCC[C@H]1C(=O)N2. The van der Waals surface area contributed by atoms with Crippen LogP contribution in [-0.4, -0.2) is 40.2 Å². The Morgan fingerprint density at radius 2 is 2.03 bits per heavy atom. The monoisotopic (exact) mass is 430 g/mol. The second-order valence-electron chi connectivity index (χ2n) is 7.94. The van der Waals surface area contributed by atoms with Crippen LogP contribution >= 0.6 is 0 Å². The van der Waals surface area contributed by atoms with E-state index < -0.39 is 6.04 Å². The van der Waals surface area contributed by atoms with E-state index in [0.29, 0.717) is 48.0 Å². The molecule has 0 aliphatic carbocycles. The van der Waals surface area contributed by atoms with Gasteiger partial charge in [-0.25, -0.2) is 4.98 Å². The third-order valence-electron chi connectivity index (χ3n) is 5.79. The smallest absolute Gasteiger partial charge is 0.256 e. The minimum absolute atomic E-state index is 0.160. The molecule has 3 amide bonds. The lowest BCUT2D eigenvalue weighted by atomic mass is 10.1. The highest BCUT2D eigenvalue weighted by Gasteiger charge is 2.38. The van der Waals surface area contributed by atoms with Gasteiger partial charge in [-0.2, -0.15) is 0 Å². The fourth-order valence-electron chi connectivity index (χ4n) is 4.17. The first-order chi connectivity index (χ1) is 15.6. The highest BCUT2D eigenvalue weighted by atomic mass is 16.4. The van der Waals surface area contributed by atoms with Gasteiger partial charge in [0.25, 0.3) is 5.91 Å². The van der Waals surface area contributed by atoms with Gasteiger partial charge in [-0.3, -0.25) is 14.4 Å². The summed E-state index contributed by atoms with van der Waals surface area (Å²) < 4.78 is 5.74. The summed E-state index contributed by atoms with van der Waals surface area (Å²) in [6.07, 6.45) is 3.67. The Balaban J connectivity index is 1.24. The van der Waals surface area contributed by atoms with Gasteiger partial charge in [-0.1, -0.05) is 30.3 Å². The van der Waals surface area contributed by atoms with Crippen molar-refractivity contribution in [2.75, 3.05) is 17.2 Å². The molecule has 2 aliphatic rings. The van der Waals surface area contributed by atoms with Crippen molar-refractivity contribution >= 4 is 29.1 Å². The van der Waals surface area contributed by atoms with E-state index in [9.17, 15) is 14.4 Å². The molecule has 3 heterocycles. The third-order valence-corrected chi connectivity index (χ3v) is 5.79. The molecule has 2 aromatic carbocycles. The molecule has 5 rings (SSSR count). The highest BCUT2D eigenvalue weighted by Crippen LogP contribution is 2.30. The van der Waals surface area contributed by atoms with E-state index in [-0.39, 0.29) is 24.1 Å². The van der Waals surface area contributed by atoms with Gasteiger partial charge < -0.3 is 20.0 Å². The summed E-state index contributed by atoms with van der Waals surface area (Å²) in [4.78, 5) is 43.7. The Morgan fingerprint density at radius 3 is 2.88 bits per heavy atom. The summed E-state index contributed by atoms with van der Waals surface area (Å²) in [5.74, 6) is 0.581. The zero-order chi connectivity index (χ0) is 22.1. The van der Waals surface area contributed by atoms with Crippen molar-refractivity contribution in [3.63, 3.8) is 0 Å². The zero-order valence-corrected chi connectivity index (χ0v) is 17.3. The van der Waals surface area contributed by atoms with Crippen LogP contribution in [0.2, 0.25) is 0 Å². The maximum Gasteiger partial charge on any atom is 0.256 e. The van der Waals surface area contributed by atoms with Crippen molar-refractivity contribution in [3.8, 4) is 11.3 Å². The van der Waals surface area contributed by atoms with Crippen LogP contribution in [-0.2, 0) is 16.0 Å². The summed E-state index contributed by atoms with van der Waals surface area (Å²) in [5.41, 5.74) is 2.30. The molecule has 8 nitrogen and oxygen atoms in total. The largest absolute Gasteiger partial charge is 0.441 e. The number of aromatic nitrogens is 1. The van der Waals surface area contributed by atoms with E-state index in [2.05, 4.69) is 15.6 Å². The molecule has 1 atom stereocenters. The van der Waals surface area contributed by atoms with Crippen LogP contribution in [0.4, 0.5) is 11.4 Å². The number of hydrogen-bond acceptors (Lipinski definition) is 5. The van der Waals surface area contributed by atoms with Crippen LogP contribution in [0.3, 0.4) is 0 Å². The van der Waals surface area contributed by atoms with Gasteiger partial charge in [0.15, 0.2) is 11.7 Å². The molecule has 162 valence electrons. The summed E-state index contributed by atoms with van der Waals surface area (Å²) >= 11 is 0. The zero-order valence-electron chi connectivity index (χ0n) is 17.3. The Bertz CT molecular complexity index is 1190. The molecule has 2 aliphatic heterocycles. The number of rotatable bonds is 5. The summed E-state index contributed by atoms with van der Waals surface area (Å²) in [5, 5.41) is 5.65. The van der Waals surface area contributed by atoms with Crippen LogP contribution in [0, 0.1) is 0 Å². The minimum Gasteiger partial charge on any atom is -0.441 e. The number of hydrogen-bond donors (Lipinski definition) is 2. The molecule has 0 spiro atoms. The fraction of sp³-hybridized carbons (Fsp3) is 0.250. The Hall–Kier alpha value is -3.94. The number of carbonyl (C=O) groups is 3. The highest BCUT2D eigenvalue weighted by molar-refractivity contribution is 6.11. The molecule has 3 aromatic rings. The van der Waals surface area contributed by atoms with E-state index in [1.54, 1.807) is 29.3 Å². The van der Waals surface area contributed by atoms with Crippen LogP contribution in [0.25, 0.3) is 11.3 Å². The van der Waals surface area contributed by atoms with Gasteiger partial charge >= 0.3 is 0 Å². The molecule has 0 radical (unpaired) electrons. The van der Waals surface area contributed by atoms with Gasteiger partial charge in [0, 0.05) is 30.6 Å². The predicted octanol–water partition coefficient (Wildman–Crippen LogP) is 3.47. The van der Waals surface area contributed by atoms with Crippen molar-refractivity contribution < 1.29 is 18.8 Å². The third kappa shape index (κ3) is 3.87. The topological polar surface area (TPSA) is 105 Å². The number of oxazole rings is 1. The number of anilines is 2. The maximum atomic E-state index is 12.9. The fourth-order valence-corrected chi connectivity index (χ4v) is 4.17. The molecular formula is C24H22N4O4. The molecule has 1 fully saturated rings. The second kappa shape index (κ2) is 8.30. The van der Waals surface area contributed by atoms with Crippen molar-refractivity contribution in [3.05, 3.63) is 66.2 Å². The predicted molar refractivity (Wildman–Crippen MR) is 118 cm³/mol. The van der Waals surface area contributed by atoms with Gasteiger partial charge in [0.2, 0.25) is 11.8 Å². The number of benzene rings is 2. The number of nitrogens with one attached hydrogen (secondary N) is 2. The number of fused-ring (bicyclic) bond motifs is 2. The van der Waals surface area contributed by atoms with Crippen molar-refractivity contribution in [2.45, 2.75) is 31.7 Å². The molecule has 0 saturated carbocycles. The molecule has 8 heteroatoms. The molecule has 2 N–H and O–H groups in total. The van der Waals surface area contributed by atoms with E-state index in [1.807, 2.05) is 30.3 Å². The van der Waals surface area contributed by atoms with Gasteiger partial charge in [0.05, 0.1) is 17.4 Å². The lowest BCUT2D eigenvalue weighted by molar-refractivity contribution is -0.119. The maximum absolute atomic E-state index is 12.9. The van der Waals surface area contributed by atoms with Crippen molar-refractivity contribution in [2.24, 2.45) is 0 Å². The number of nitrogens with zero attached hydrogens (tertiary/aromatic N) is 2. The molecular weight excluding hydrogens is 408 g/mol. The van der Waals surface area contributed by atoms with Crippen LogP contribution in [0.5, 0.6) is 0 Å². The first kappa shape index (κ1) is 20.0. The van der Waals surface area contributed by atoms with E-state index in [0.717, 1.165) is 12.0 Å². The first-order valence-electron chi connectivity index (χ1n) is 10.6. The average molecular weight is 430 g/mol. The minimum atomic E-state index is -0.422. The Kier molecular flexibility index (Phi) is 5.18. The van der Waals surface area contributed by atoms with Gasteiger partial charge in [-0.15, -0.1) is 0 Å². The van der Waals surface area contributed by atoms with Crippen LogP contribution < -0.4 is 10.6 Å². The second-order valence-corrected chi connectivity index (χ2v) is 7.94. The summed E-state index contributed by atoms with van der Waals surface area (Å²) in [6, 6.07) is 14.2. The normalized spacial score (nSPS) is 17.4. The number of aryl methyl sites for hydroxylation is 1. The molecule has 0 bridgehead atoms. The lowest BCUT2D eigenvalue weighted by Crippen LogP contribution is -2.40. The molecule has 32 heavy (non-hydrogen) atoms. The van der Waals surface area contributed by atoms with E-state index >= 15 is 0 Å². The summed E-state index contributed by atoms with van der Waals surface area (Å²) in [7, 11) is 0.